The first kappa shape index (κ1) is 33.0. The van der Waals surface area contributed by atoms with Gasteiger partial charge in [-0.25, -0.2) is 13.2 Å². The van der Waals surface area contributed by atoms with Crippen LogP contribution in [0.4, 0.5) is 35.1 Å². The number of halogens is 8. The minimum Gasteiger partial charge on any atom is -0.429 e. The van der Waals surface area contributed by atoms with Crippen molar-refractivity contribution in [3.63, 3.8) is 0 Å². The monoisotopic (exact) mass is 646 g/mol. The van der Waals surface area contributed by atoms with E-state index < -0.39 is 47.0 Å². The lowest BCUT2D eigenvalue weighted by Gasteiger charge is -2.27. The van der Waals surface area contributed by atoms with Gasteiger partial charge >= 0.3 is 12.5 Å². The van der Waals surface area contributed by atoms with Crippen LogP contribution in [0, 0.1) is 23.4 Å². The minimum absolute atomic E-state index is 0.205. The fourth-order valence-electron chi connectivity index (χ4n) is 5.77. The molecule has 0 atom stereocenters. The quantitative estimate of drug-likeness (QED) is 0.133. The highest BCUT2D eigenvalue weighted by molar-refractivity contribution is 5.71. The lowest BCUT2D eigenvalue weighted by molar-refractivity contribution is -0.274. The first-order valence-electron chi connectivity index (χ1n) is 14.8. The summed E-state index contributed by atoms with van der Waals surface area (Å²) in [5.74, 6) is -4.51. The Morgan fingerprint density at radius 1 is 0.652 bits per heavy atom. The molecule has 0 saturated heterocycles. The largest absolute Gasteiger partial charge is 0.573 e. The highest BCUT2D eigenvalue weighted by atomic mass is 19.4. The van der Waals surface area contributed by atoms with E-state index >= 15 is 4.39 Å². The summed E-state index contributed by atoms with van der Waals surface area (Å²) in [5.41, 5.74) is 0.240. The Morgan fingerprint density at radius 2 is 1.20 bits per heavy atom. The lowest BCUT2D eigenvalue weighted by Crippen LogP contribution is -2.25. The minimum atomic E-state index is -5.00. The molecule has 0 spiro atoms. The normalized spacial score (nSPS) is 17.3. The van der Waals surface area contributed by atoms with Gasteiger partial charge in [-0.15, -0.1) is 13.2 Å². The molecule has 4 aromatic carbocycles. The molecule has 1 aliphatic rings. The Hall–Kier alpha value is -4.34. The fraction of sp³-hybridized carbons (Fsp3) is 0.278. The number of rotatable bonds is 9. The van der Waals surface area contributed by atoms with Crippen molar-refractivity contribution in [3.05, 3.63) is 120 Å². The average Bonchev–Trinajstić information content (AvgIpc) is 3.00. The third-order valence-electron chi connectivity index (χ3n) is 8.05. The summed E-state index contributed by atoms with van der Waals surface area (Å²) in [4.78, 5) is 0. The van der Waals surface area contributed by atoms with Crippen molar-refractivity contribution < 1.29 is 44.6 Å². The van der Waals surface area contributed by atoms with Crippen molar-refractivity contribution >= 4 is 0 Å². The molecule has 0 aromatic heterocycles. The molecule has 0 heterocycles. The molecule has 0 aliphatic heterocycles. The summed E-state index contributed by atoms with van der Waals surface area (Å²) in [7, 11) is 0. The number of alkyl halides is 5. The van der Waals surface area contributed by atoms with Gasteiger partial charge in [0.05, 0.1) is 0 Å². The number of allylic oxidation sites excluding steroid dienone is 2. The highest BCUT2D eigenvalue weighted by Gasteiger charge is 2.41. The van der Waals surface area contributed by atoms with Gasteiger partial charge < -0.3 is 9.47 Å². The molecule has 1 aliphatic carbocycles. The van der Waals surface area contributed by atoms with Crippen LogP contribution < -0.4 is 9.47 Å². The van der Waals surface area contributed by atoms with Crippen LogP contribution in [0.2, 0.25) is 0 Å². The molecule has 0 bridgehead atoms. The molecule has 10 heteroatoms. The number of hydrogen-bond donors (Lipinski definition) is 0. The zero-order chi connectivity index (χ0) is 33.1. The SMILES string of the molecule is CCC=CC1CCC(c2ccc(-c3ccc(-c4cc(F)c(C(F)(F)Oc5ccc(OC(F)(F)F)cc5)c(F)c4)c(F)c3)cc2)CC1. The van der Waals surface area contributed by atoms with E-state index in [4.69, 9.17) is 0 Å². The predicted molar refractivity (Wildman–Crippen MR) is 159 cm³/mol. The van der Waals surface area contributed by atoms with Crippen LogP contribution in [-0.4, -0.2) is 6.36 Å². The molecule has 0 amide bonds. The van der Waals surface area contributed by atoms with Crippen molar-refractivity contribution in [2.75, 3.05) is 0 Å². The second-order valence-corrected chi connectivity index (χ2v) is 11.2. The topological polar surface area (TPSA) is 18.5 Å². The zero-order valence-electron chi connectivity index (χ0n) is 24.7. The standard InChI is InChI=1S/C36H30F8O2/c1-2-3-4-22-5-7-23(8-6-22)24-9-11-25(12-10-24)26-13-18-30(31(37)19-26)27-20-32(38)34(33(39)21-27)35(40,41)45-28-14-16-29(17-15-28)46-36(42,43)44/h3-4,9-23H,2,5-8H2,1H3. The van der Waals surface area contributed by atoms with E-state index in [2.05, 4.69) is 28.5 Å². The van der Waals surface area contributed by atoms with E-state index in [1.165, 1.54) is 17.7 Å². The van der Waals surface area contributed by atoms with Gasteiger partial charge in [0.15, 0.2) is 0 Å². The summed E-state index contributed by atoms with van der Waals surface area (Å²) >= 11 is 0. The third-order valence-corrected chi connectivity index (χ3v) is 8.05. The number of hydrogen-bond acceptors (Lipinski definition) is 2. The lowest BCUT2D eigenvalue weighted by atomic mass is 9.78. The van der Waals surface area contributed by atoms with E-state index in [1.807, 2.05) is 24.3 Å². The van der Waals surface area contributed by atoms with Crippen molar-refractivity contribution in [2.45, 2.75) is 57.4 Å². The van der Waals surface area contributed by atoms with Crippen LogP contribution in [0.3, 0.4) is 0 Å². The molecule has 1 fully saturated rings. The highest BCUT2D eigenvalue weighted by Crippen LogP contribution is 2.40. The first-order chi connectivity index (χ1) is 21.8. The Balaban J connectivity index is 1.29. The molecule has 0 unspecified atom stereocenters. The maximum Gasteiger partial charge on any atom is 0.573 e. The van der Waals surface area contributed by atoms with Gasteiger partial charge in [0.1, 0.15) is 34.5 Å². The summed E-state index contributed by atoms with van der Waals surface area (Å²) in [5, 5.41) is 0. The Kier molecular flexibility index (Phi) is 9.74. The fourth-order valence-corrected chi connectivity index (χ4v) is 5.77. The summed E-state index contributed by atoms with van der Waals surface area (Å²) in [6, 6.07) is 16.0. The number of benzene rings is 4. The van der Waals surface area contributed by atoms with Crippen molar-refractivity contribution in [1.29, 1.82) is 0 Å². The first-order valence-corrected chi connectivity index (χ1v) is 14.8. The summed E-state index contributed by atoms with van der Waals surface area (Å²) in [6.45, 7) is 2.12. The maximum atomic E-state index is 15.2. The van der Waals surface area contributed by atoms with E-state index in [0.717, 1.165) is 49.8 Å². The second kappa shape index (κ2) is 13.6. The van der Waals surface area contributed by atoms with Crippen molar-refractivity contribution in [3.8, 4) is 33.8 Å². The Morgan fingerprint density at radius 3 is 1.74 bits per heavy atom. The molecule has 0 N–H and O–H groups in total. The smallest absolute Gasteiger partial charge is 0.429 e. The van der Waals surface area contributed by atoms with Gasteiger partial charge in [-0.2, -0.15) is 8.78 Å². The molecular weight excluding hydrogens is 616 g/mol. The summed E-state index contributed by atoms with van der Waals surface area (Å²) in [6.07, 6.45) is 0.475. The molecule has 1 saturated carbocycles. The van der Waals surface area contributed by atoms with Crippen LogP contribution in [-0.2, 0) is 6.11 Å². The number of ether oxygens (including phenoxy) is 2. The van der Waals surface area contributed by atoms with E-state index in [0.29, 0.717) is 41.7 Å². The molecule has 4 aromatic rings. The van der Waals surface area contributed by atoms with Crippen molar-refractivity contribution in [2.24, 2.45) is 5.92 Å². The Labute approximate surface area is 261 Å². The van der Waals surface area contributed by atoms with Gasteiger partial charge in [-0.3, -0.25) is 0 Å². The molecule has 0 radical (unpaired) electrons. The second-order valence-electron chi connectivity index (χ2n) is 11.2. The van der Waals surface area contributed by atoms with Crippen LogP contribution >= 0.6 is 0 Å². The summed E-state index contributed by atoms with van der Waals surface area (Å²) < 4.78 is 120. The van der Waals surface area contributed by atoms with E-state index in [9.17, 15) is 30.7 Å². The average molecular weight is 647 g/mol. The Bertz CT molecular complexity index is 1650. The molecule has 2 nitrogen and oxygen atoms in total. The van der Waals surface area contributed by atoms with Gasteiger partial charge in [0, 0.05) is 5.56 Å². The van der Waals surface area contributed by atoms with E-state index in [1.54, 1.807) is 6.07 Å². The molecule has 5 rings (SSSR count). The molecular formula is C36H30F8O2. The van der Waals surface area contributed by atoms with Crippen LogP contribution in [0.1, 0.15) is 56.1 Å². The van der Waals surface area contributed by atoms with Gasteiger partial charge in [-0.1, -0.05) is 55.5 Å². The van der Waals surface area contributed by atoms with Crippen LogP contribution in [0.5, 0.6) is 11.5 Å². The third kappa shape index (κ3) is 7.89. The van der Waals surface area contributed by atoms with Gasteiger partial charge in [-0.05, 0) is 109 Å². The van der Waals surface area contributed by atoms with Crippen LogP contribution in [0.25, 0.3) is 22.3 Å². The maximum absolute atomic E-state index is 15.2. The van der Waals surface area contributed by atoms with Crippen molar-refractivity contribution in [1.82, 2.24) is 0 Å². The van der Waals surface area contributed by atoms with Gasteiger partial charge in [0.2, 0.25) is 0 Å². The van der Waals surface area contributed by atoms with Crippen LogP contribution in [0.15, 0.2) is 91.0 Å². The molecule has 242 valence electrons. The zero-order valence-corrected chi connectivity index (χ0v) is 24.7. The van der Waals surface area contributed by atoms with E-state index in [-0.39, 0.29) is 11.1 Å². The molecule has 46 heavy (non-hydrogen) atoms. The van der Waals surface area contributed by atoms with Gasteiger partial charge in [0.25, 0.3) is 0 Å². The predicted octanol–water partition coefficient (Wildman–Crippen LogP) is 11.7.